The number of rotatable bonds is 3. The van der Waals surface area contributed by atoms with Crippen molar-refractivity contribution in [1.82, 2.24) is 14.8 Å². The molecule has 1 aromatic carbocycles. The molecule has 0 radical (unpaired) electrons. The number of aromatic hydroxyl groups is 1. The molecule has 0 spiro atoms. The number of amides is 2. The van der Waals surface area contributed by atoms with Crippen LogP contribution >= 0.6 is 11.6 Å². The molecule has 3 aliphatic heterocycles. The minimum Gasteiger partial charge on any atom is -0.503 e. The van der Waals surface area contributed by atoms with Gasteiger partial charge in [0, 0.05) is 30.9 Å². The van der Waals surface area contributed by atoms with Crippen LogP contribution in [-0.4, -0.2) is 38.5 Å². The lowest BCUT2D eigenvalue weighted by Crippen LogP contribution is -2.61. The fourth-order valence-electron chi connectivity index (χ4n) is 5.31. The molecule has 10 heteroatoms. The summed E-state index contributed by atoms with van der Waals surface area (Å²) >= 11 is 5.66. The van der Waals surface area contributed by atoms with E-state index in [2.05, 4.69) is 5.32 Å². The summed E-state index contributed by atoms with van der Waals surface area (Å²) in [7, 11) is 0. The quantitative estimate of drug-likeness (QED) is 0.685. The zero-order valence-electron chi connectivity index (χ0n) is 16.9. The van der Waals surface area contributed by atoms with E-state index in [0.29, 0.717) is 12.5 Å². The SMILES string of the molecule is O=C(NCc1c(F)ccc(Cl)c1F)c1cn2c(c(O)c1=O)C(=O)N1C3CCC(CC3)[C@@H]1C2. The molecule has 2 saturated heterocycles. The van der Waals surface area contributed by atoms with Crippen LogP contribution in [0.4, 0.5) is 8.78 Å². The van der Waals surface area contributed by atoms with Gasteiger partial charge in [0.05, 0.1) is 11.1 Å². The standard InChI is InChI=1S/C22H20ClF2N3O4/c23-14-5-6-15(24)12(17(14)25)7-26-21(31)13-8-27-9-16-10-1-3-11(4-2-10)28(16)22(32)18(27)20(30)19(13)29/h5-6,8,10-11,16,30H,1-4,7,9H2,(H,26,31)/t10?,11?,16-/m0/s1. The van der Waals surface area contributed by atoms with Crippen LogP contribution in [0, 0.1) is 17.6 Å². The number of carbonyl (C=O) groups is 2. The molecule has 7 nitrogen and oxygen atoms in total. The summed E-state index contributed by atoms with van der Waals surface area (Å²) in [6, 6.07) is 2.09. The van der Waals surface area contributed by atoms with Gasteiger partial charge in [-0.3, -0.25) is 14.4 Å². The van der Waals surface area contributed by atoms with Gasteiger partial charge in [0.2, 0.25) is 5.43 Å². The number of nitrogens with zero attached hydrogens (tertiary/aromatic N) is 2. The molecule has 2 N–H and O–H groups in total. The predicted molar refractivity (Wildman–Crippen MR) is 111 cm³/mol. The number of benzene rings is 1. The van der Waals surface area contributed by atoms with E-state index in [1.165, 1.54) is 10.8 Å². The van der Waals surface area contributed by atoms with E-state index in [1.807, 2.05) is 0 Å². The second kappa shape index (κ2) is 7.58. The minimum absolute atomic E-state index is 0.0463. The summed E-state index contributed by atoms with van der Waals surface area (Å²) in [4.78, 5) is 40.3. The Balaban J connectivity index is 1.46. The van der Waals surface area contributed by atoms with Crippen molar-refractivity contribution in [2.45, 2.75) is 50.9 Å². The number of hydrogen-bond acceptors (Lipinski definition) is 4. The molecular formula is C22H20ClF2N3O4. The van der Waals surface area contributed by atoms with Crippen molar-refractivity contribution in [2.24, 2.45) is 5.92 Å². The summed E-state index contributed by atoms with van der Waals surface area (Å²) in [6.07, 6.45) is 5.11. The molecule has 6 rings (SSSR count). The maximum Gasteiger partial charge on any atom is 0.275 e. The lowest BCUT2D eigenvalue weighted by molar-refractivity contribution is -0.0181. The van der Waals surface area contributed by atoms with Crippen molar-refractivity contribution in [3.8, 4) is 5.75 Å². The summed E-state index contributed by atoms with van der Waals surface area (Å²) in [5.41, 5.74) is -1.98. The Hall–Kier alpha value is -2.94. The second-order valence-corrected chi connectivity index (χ2v) is 8.98. The number of fused-ring (bicyclic) bond motifs is 3. The first-order chi connectivity index (χ1) is 15.3. The van der Waals surface area contributed by atoms with Crippen LogP contribution in [0.3, 0.4) is 0 Å². The largest absolute Gasteiger partial charge is 0.503 e. The van der Waals surface area contributed by atoms with Gasteiger partial charge in [0.1, 0.15) is 17.2 Å². The molecule has 4 heterocycles. The van der Waals surface area contributed by atoms with Crippen LogP contribution in [0.15, 0.2) is 23.1 Å². The highest BCUT2D eigenvalue weighted by Gasteiger charge is 2.48. The first-order valence-electron chi connectivity index (χ1n) is 10.5. The van der Waals surface area contributed by atoms with Crippen LogP contribution < -0.4 is 10.7 Å². The van der Waals surface area contributed by atoms with Crippen LogP contribution in [0.25, 0.3) is 0 Å². The molecule has 2 bridgehead atoms. The Labute approximate surface area is 186 Å². The number of nitrogens with one attached hydrogen (secondary N) is 1. The summed E-state index contributed by atoms with van der Waals surface area (Å²) in [5.74, 6) is -3.67. The molecule has 2 aromatic rings. The average Bonchev–Trinajstić information content (AvgIpc) is 2.79. The van der Waals surface area contributed by atoms with E-state index in [9.17, 15) is 28.3 Å². The monoisotopic (exact) mass is 463 g/mol. The van der Waals surface area contributed by atoms with E-state index in [1.54, 1.807) is 4.90 Å². The Bertz CT molecular complexity index is 1210. The van der Waals surface area contributed by atoms with Gasteiger partial charge in [-0.15, -0.1) is 0 Å². The van der Waals surface area contributed by atoms with Crippen molar-refractivity contribution in [3.63, 3.8) is 0 Å². The molecule has 168 valence electrons. The molecular weight excluding hydrogens is 444 g/mol. The van der Waals surface area contributed by atoms with E-state index in [4.69, 9.17) is 11.6 Å². The zero-order chi connectivity index (χ0) is 22.7. The molecule has 1 aliphatic carbocycles. The van der Waals surface area contributed by atoms with Gasteiger partial charge in [-0.2, -0.15) is 0 Å². The number of halogens is 3. The van der Waals surface area contributed by atoms with Crippen LogP contribution in [0.5, 0.6) is 5.75 Å². The van der Waals surface area contributed by atoms with Gasteiger partial charge in [-0.05, 0) is 43.7 Å². The zero-order valence-corrected chi connectivity index (χ0v) is 17.7. The van der Waals surface area contributed by atoms with Crippen molar-refractivity contribution >= 4 is 23.4 Å². The normalized spacial score (nSPS) is 23.7. The average molecular weight is 464 g/mol. The Morgan fingerprint density at radius 3 is 2.62 bits per heavy atom. The van der Waals surface area contributed by atoms with Crippen molar-refractivity contribution in [1.29, 1.82) is 0 Å². The number of aromatic nitrogens is 1. The Kier molecular flexibility index (Phi) is 4.96. The molecule has 0 unspecified atom stereocenters. The minimum atomic E-state index is -1.00. The van der Waals surface area contributed by atoms with Crippen LogP contribution in [-0.2, 0) is 13.1 Å². The highest BCUT2D eigenvalue weighted by molar-refractivity contribution is 6.30. The highest BCUT2D eigenvalue weighted by Crippen LogP contribution is 2.43. The molecule has 4 aliphatic rings. The van der Waals surface area contributed by atoms with Crippen LogP contribution in [0.2, 0.25) is 5.02 Å². The molecule has 1 aromatic heterocycles. The van der Waals surface area contributed by atoms with Gasteiger partial charge in [0.25, 0.3) is 11.8 Å². The number of hydrogen-bond donors (Lipinski definition) is 2. The van der Waals surface area contributed by atoms with E-state index in [0.717, 1.165) is 37.8 Å². The fourth-order valence-corrected chi connectivity index (χ4v) is 5.49. The second-order valence-electron chi connectivity index (χ2n) is 8.57. The smallest absolute Gasteiger partial charge is 0.275 e. The van der Waals surface area contributed by atoms with Gasteiger partial charge in [-0.25, -0.2) is 8.78 Å². The third-order valence-corrected chi connectivity index (χ3v) is 7.21. The van der Waals surface area contributed by atoms with E-state index >= 15 is 0 Å². The maximum absolute atomic E-state index is 14.1. The topological polar surface area (TPSA) is 91.6 Å². The molecule has 1 atom stereocenters. The molecule has 3 fully saturated rings. The Morgan fingerprint density at radius 2 is 1.91 bits per heavy atom. The van der Waals surface area contributed by atoms with Gasteiger partial charge < -0.3 is 19.9 Å². The predicted octanol–water partition coefficient (Wildman–Crippen LogP) is 2.81. The van der Waals surface area contributed by atoms with Gasteiger partial charge >= 0.3 is 0 Å². The first kappa shape index (κ1) is 20.9. The number of pyridine rings is 1. The number of carbonyl (C=O) groups excluding carboxylic acids is 2. The molecule has 1 saturated carbocycles. The van der Waals surface area contributed by atoms with E-state index < -0.39 is 52.3 Å². The van der Waals surface area contributed by atoms with Crippen molar-refractivity contribution < 1.29 is 23.5 Å². The summed E-state index contributed by atoms with van der Waals surface area (Å²) < 4.78 is 29.5. The summed E-state index contributed by atoms with van der Waals surface area (Å²) in [5, 5.41) is 12.5. The highest BCUT2D eigenvalue weighted by atomic mass is 35.5. The van der Waals surface area contributed by atoms with Crippen molar-refractivity contribution in [3.05, 3.63) is 62.0 Å². The lowest BCUT2D eigenvalue weighted by Gasteiger charge is -2.53. The number of piperidine rings is 2. The maximum atomic E-state index is 14.1. The molecule has 2 amide bonds. The van der Waals surface area contributed by atoms with E-state index in [-0.39, 0.29) is 22.8 Å². The van der Waals surface area contributed by atoms with Crippen LogP contribution in [0.1, 0.15) is 52.1 Å². The third-order valence-electron chi connectivity index (χ3n) is 6.92. The molecule has 32 heavy (non-hydrogen) atoms. The Morgan fingerprint density at radius 1 is 1.19 bits per heavy atom. The fraction of sp³-hybridized carbons (Fsp3) is 0.409. The third kappa shape index (κ3) is 3.09. The lowest BCUT2D eigenvalue weighted by atomic mass is 9.73. The van der Waals surface area contributed by atoms with Gasteiger partial charge in [-0.1, -0.05) is 11.6 Å². The summed E-state index contributed by atoms with van der Waals surface area (Å²) in [6.45, 7) is -0.175. The first-order valence-corrected chi connectivity index (χ1v) is 10.8. The van der Waals surface area contributed by atoms with Crippen molar-refractivity contribution in [2.75, 3.05) is 0 Å². The van der Waals surface area contributed by atoms with Gasteiger partial charge in [0.15, 0.2) is 11.4 Å².